The van der Waals surface area contributed by atoms with E-state index in [0.717, 1.165) is 50.1 Å². The highest BCUT2D eigenvalue weighted by Gasteiger charge is 2.29. The third-order valence-corrected chi connectivity index (χ3v) is 6.10. The largest absolute Gasteiger partial charge is 0.352 e. The molecule has 0 aliphatic carbocycles. The second-order valence-electron chi connectivity index (χ2n) is 8.26. The maximum atomic E-state index is 4.43. The van der Waals surface area contributed by atoms with Gasteiger partial charge in [-0.25, -0.2) is 0 Å². The predicted octanol–water partition coefficient (Wildman–Crippen LogP) is 2.33. The molecule has 4 rings (SSSR count). The molecule has 7 nitrogen and oxygen atoms in total. The average Bonchev–Trinajstić information content (AvgIpc) is 3.18. The third kappa shape index (κ3) is 4.96. The van der Waals surface area contributed by atoms with E-state index in [1.807, 2.05) is 7.05 Å². The number of hydrogen-bond donors (Lipinski definition) is 2. The quantitative estimate of drug-likeness (QED) is 0.601. The van der Waals surface area contributed by atoms with Crippen LogP contribution in [0.5, 0.6) is 0 Å². The van der Waals surface area contributed by atoms with E-state index in [1.54, 1.807) is 0 Å². The summed E-state index contributed by atoms with van der Waals surface area (Å²) in [5.74, 6) is 2.98. The third-order valence-electron chi connectivity index (χ3n) is 6.10. The SMILES string of the molecule is CN=C(NCc1nnc2n1CCCCC2)NC1CC(C)N(Cc2ccccc2)C1. The predicted molar refractivity (Wildman–Crippen MR) is 116 cm³/mol. The van der Waals surface area contributed by atoms with E-state index in [4.69, 9.17) is 0 Å². The monoisotopic (exact) mass is 395 g/mol. The van der Waals surface area contributed by atoms with Gasteiger partial charge in [-0.1, -0.05) is 36.8 Å². The van der Waals surface area contributed by atoms with E-state index >= 15 is 0 Å². The first-order chi connectivity index (χ1) is 14.2. The molecule has 0 amide bonds. The fraction of sp³-hybridized carbons (Fsp3) is 0.591. The molecule has 0 radical (unpaired) electrons. The van der Waals surface area contributed by atoms with Crippen LogP contribution in [0, 0.1) is 0 Å². The lowest BCUT2D eigenvalue weighted by Gasteiger charge is -2.21. The van der Waals surface area contributed by atoms with Gasteiger partial charge in [0.2, 0.25) is 0 Å². The normalized spacial score (nSPS) is 22.9. The van der Waals surface area contributed by atoms with Crippen molar-refractivity contribution in [2.24, 2.45) is 4.99 Å². The number of aryl methyl sites for hydroxylation is 1. The van der Waals surface area contributed by atoms with Crippen molar-refractivity contribution in [3.8, 4) is 0 Å². The lowest BCUT2D eigenvalue weighted by atomic mass is 10.2. The maximum absolute atomic E-state index is 4.43. The molecule has 1 saturated heterocycles. The molecule has 29 heavy (non-hydrogen) atoms. The summed E-state index contributed by atoms with van der Waals surface area (Å²) >= 11 is 0. The summed E-state index contributed by atoms with van der Waals surface area (Å²) in [5, 5.41) is 15.8. The molecule has 156 valence electrons. The van der Waals surface area contributed by atoms with Crippen molar-refractivity contribution in [1.82, 2.24) is 30.3 Å². The number of likely N-dealkylation sites (tertiary alicyclic amines) is 1. The number of benzene rings is 1. The molecule has 1 fully saturated rings. The summed E-state index contributed by atoms with van der Waals surface area (Å²) in [7, 11) is 1.83. The summed E-state index contributed by atoms with van der Waals surface area (Å²) in [6.45, 7) is 6.02. The number of nitrogens with one attached hydrogen (secondary N) is 2. The molecule has 1 aromatic carbocycles. The van der Waals surface area contributed by atoms with Crippen LogP contribution in [-0.2, 0) is 26.1 Å². The van der Waals surface area contributed by atoms with E-state index in [-0.39, 0.29) is 0 Å². The standard InChI is InChI=1S/C22H33N7/c1-17-13-19(16-28(17)15-18-9-5-3-6-10-18)25-22(23-2)24-14-21-27-26-20-11-7-4-8-12-29(20)21/h3,5-6,9-10,17,19H,4,7-8,11-16H2,1-2H3,(H2,23,24,25). The summed E-state index contributed by atoms with van der Waals surface area (Å²) in [6.07, 6.45) is 5.86. The highest BCUT2D eigenvalue weighted by Crippen LogP contribution is 2.20. The number of aromatic nitrogens is 3. The van der Waals surface area contributed by atoms with E-state index in [2.05, 4.69) is 72.5 Å². The van der Waals surface area contributed by atoms with E-state index in [0.29, 0.717) is 18.6 Å². The smallest absolute Gasteiger partial charge is 0.191 e. The minimum atomic E-state index is 0.399. The molecule has 0 spiro atoms. The van der Waals surface area contributed by atoms with Gasteiger partial charge in [0, 0.05) is 45.2 Å². The number of nitrogens with zero attached hydrogens (tertiary/aromatic N) is 5. The molecule has 1 aromatic heterocycles. The van der Waals surface area contributed by atoms with Crippen molar-refractivity contribution >= 4 is 5.96 Å². The first-order valence-electron chi connectivity index (χ1n) is 10.9. The maximum Gasteiger partial charge on any atom is 0.191 e. The number of aliphatic imine (C=N–C) groups is 1. The van der Waals surface area contributed by atoms with Crippen molar-refractivity contribution in [2.75, 3.05) is 13.6 Å². The molecule has 2 atom stereocenters. The van der Waals surface area contributed by atoms with Gasteiger partial charge in [0.15, 0.2) is 11.8 Å². The van der Waals surface area contributed by atoms with Crippen molar-refractivity contribution in [1.29, 1.82) is 0 Å². The molecule has 2 aliphatic rings. The Kier molecular flexibility index (Phi) is 6.44. The van der Waals surface area contributed by atoms with E-state index in [1.165, 1.54) is 24.8 Å². The summed E-state index contributed by atoms with van der Waals surface area (Å²) < 4.78 is 2.28. The van der Waals surface area contributed by atoms with Crippen LogP contribution in [0.4, 0.5) is 0 Å². The average molecular weight is 396 g/mol. The van der Waals surface area contributed by atoms with Crippen molar-refractivity contribution in [3.05, 3.63) is 47.5 Å². The van der Waals surface area contributed by atoms with Gasteiger partial charge in [0.05, 0.1) is 6.54 Å². The zero-order valence-corrected chi connectivity index (χ0v) is 17.6. The first-order valence-corrected chi connectivity index (χ1v) is 10.9. The summed E-state index contributed by atoms with van der Waals surface area (Å²) in [6, 6.07) is 11.7. The summed E-state index contributed by atoms with van der Waals surface area (Å²) in [5.41, 5.74) is 1.37. The van der Waals surface area contributed by atoms with Crippen molar-refractivity contribution in [3.63, 3.8) is 0 Å². The Hall–Kier alpha value is -2.41. The molecule has 2 N–H and O–H groups in total. The highest BCUT2D eigenvalue weighted by molar-refractivity contribution is 5.79. The zero-order chi connectivity index (χ0) is 20.1. The Labute approximate surface area is 173 Å². The molecular formula is C22H33N7. The molecule has 2 aliphatic heterocycles. The Bertz CT molecular complexity index is 814. The Morgan fingerprint density at radius 3 is 2.86 bits per heavy atom. The Morgan fingerprint density at radius 1 is 1.17 bits per heavy atom. The molecule has 3 heterocycles. The Morgan fingerprint density at radius 2 is 2.03 bits per heavy atom. The van der Waals surface area contributed by atoms with Gasteiger partial charge in [-0.05, 0) is 31.7 Å². The van der Waals surface area contributed by atoms with Gasteiger partial charge in [0.1, 0.15) is 5.82 Å². The van der Waals surface area contributed by atoms with Crippen LogP contribution in [0.15, 0.2) is 35.3 Å². The second-order valence-corrected chi connectivity index (χ2v) is 8.26. The van der Waals surface area contributed by atoms with Crippen LogP contribution < -0.4 is 10.6 Å². The van der Waals surface area contributed by atoms with Crippen LogP contribution in [0.1, 0.15) is 49.8 Å². The number of fused-ring (bicyclic) bond motifs is 1. The number of rotatable bonds is 5. The topological polar surface area (TPSA) is 70.4 Å². The van der Waals surface area contributed by atoms with Crippen molar-refractivity contribution in [2.45, 2.75) is 70.7 Å². The molecule has 7 heteroatoms. The minimum Gasteiger partial charge on any atom is -0.352 e. The van der Waals surface area contributed by atoms with E-state index < -0.39 is 0 Å². The lowest BCUT2D eigenvalue weighted by molar-refractivity contribution is 0.258. The van der Waals surface area contributed by atoms with Crippen LogP contribution in [-0.4, -0.2) is 51.3 Å². The number of guanidine groups is 1. The minimum absolute atomic E-state index is 0.399. The summed E-state index contributed by atoms with van der Waals surface area (Å²) in [4.78, 5) is 6.97. The Balaban J connectivity index is 1.30. The van der Waals surface area contributed by atoms with Crippen LogP contribution in [0.25, 0.3) is 0 Å². The molecule has 0 saturated carbocycles. The van der Waals surface area contributed by atoms with Gasteiger partial charge in [0.25, 0.3) is 0 Å². The van der Waals surface area contributed by atoms with Gasteiger partial charge >= 0.3 is 0 Å². The molecule has 0 bridgehead atoms. The van der Waals surface area contributed by atoms with Gasteiger partial charge in [-0.3, -0.25) is 9.89 Å². The van der Waals surface area contributed by atoms with Gasteiger partial charge in [-0.15, -0.1) is 10.2 Å². The van der Waals surface area contributed by atoms with Gasteiger partial charge < -0.3 is 15.2 Å². The lowest BCUT2D eigenvalue weighted by Crippen LogP contribution is -2.44. The van der Waals surface area contributed by atoms with E-state index in [9.17, 15) is 0 Å². The number of hydrogen-bond acceptors (Lipinski definition) is 4. The fourth-order valence-corrected chi connectivity index (χ4v) is 4.47. The zero-order valence-electron chi connectivity index (χ0n) is 17.6. The molecule has 2 unspecified atom stereocenters. The molecular weight excluding hydrogens is 362 g/mol. The highest BCUT2D eigenvalue weighted by atomic mass is 15.3. The van der Waals surface area contributed by atoms with Crippen molar-refractivity contribution < 1.29 is 0 Å². The fourth-order valence-electron chi connectivity index (χ4n) is 4.47. The van der Waals surface area contributed by atoms with Crippen LogP contribution in [0.3, 0.4) is 0 Å². The molecule has 2 aromatic rings. The second kappa shape index (κ2) is 9.39. The first kappa shape index (κ1) is 19.9. The van der Waals surface area contributed by atoms with Crippen LogP contribution in [0.2, 0.25) is 0 Å². The van der Waals surface area contributed by atoms with Gasteiger partial charge in [-0.2, -0.15) is 0 Å². The van der Waals surface area contributed by atoms with Crippen LogP contribution >= 0.6 is 0 Å².